The maximum Gasteiger partial charge on any atom is 0.269 e. The lowest BCUT2D eigenvalue weighted by Gasteiger charge is -2.20. The first-order valence-corrected chi connectivity index (χ1v) is 6.67. The molecule has 0 saturated heterocycles. The second-order valence-electron chi connectivity index (χ2n) is 4.95. The number of rotatable bonds is 8. The Morgan fingerprint density at radius 1 is 1.42 bits per heavy atom. The fourth-order valence-electron chi connectivity index (χ4n) is 1.99. The Morgan fingerprint density at radius 2 is 2.16 bits per heavy atom. The van der Waals surface area contributed by atoms with Crippen LogP contribution in [0.2, 0.25) is 0 Å². The number of likely N-dealkylation sites (N-methyl/N-ethyl adjacent to an activating group) is 1. The molecule has 5 heteroatoms. The molecule has 5 nitrogen and oxygen atoms in total. The predicted octanol–water partition coefficient (Wildman–Crippen LogP) is 2.59. The van der Waals surface area contributed by atoms with Gasteiger partial charge < -0.3 is 10.2 Å². The van der Waals surface area contributed by atoms with Gasteiger partial charge in [0.05, 0.1) is 4.92 Å². The Bertz CT molecular complexity index is 407. The molecule has 1 N–H and O–H groups in total. The molecular formula is C14H23N3O2. The van der Waals surface area contributed by atoms with E-state index in [4.69, 9.17) is 0 Å². The predicted molar refractivity (Wildman–Crippen MR) is 77.3 cm³/mol. The second-order valence-corrected chi connectivity index (χ2v) is 4.95. The minimum atomic E-state index is -0.341. The lowest BCUT2D eigenvalue weighted by atomic mass is 10.0. The number of hydrogen-bond acceptors (Lipinski definition) is 4. The summed E-state index contributed by atoms with van der Waals surface area (Å²) < 4.78 is 0. The van der Waals surface area contributed by atoms with Crippen molar-refractivity contribution in [3.63, 3.8) is 0 Å². The molecule has 0 aliphatic carbocycles. The first-order valence-electron chi connectivity index (χ1n) is 6.67. The number of non-ortho nitro benzene ring substituents is 1. The molecule has 1 aromatic carbocycles. The van der Waals surface area contributed by atoms with Crippen LogP contribution in [-0.2, 0) is 0 Å². The molecule has 0 aliphatic heterocycles. The molecule has 0 radical (unpaired) electrons. The van der Waals surface area contributed by atoms with E-state index in [1.807, 2.05) is 20.2 Å². The lowest BCUT2D eigenvalue weighted by Crippen LogP contribution is -2.29. The highest BCUT2D eigenvalue weighted by molar-refractivity contribution is 5.35. The molecule has 1 unspecified atom stereocenters. The fraction of sp³-hybridized carbons (Fsp3) is 0.571. The van der Waals surface area contributed by atoms with Crippen molar-refractivity contribution in [1.29, 1.82) is 0 Å². The van der Waals surface area contributed by atoms with Crippen LogP contribution in [0.4, 0.5) is 5.69 Å². The largest absolute Gasteiger partial charge is 0.309 e. The third kappa shape index (κ3) is 5.36. The van der Waals surface area contributed by atoms with E-state index < -0.39 is 0 Å². The molecule has 0 fully saturated rings. The van der Waals surface area contributed by atoms with E-state index in [0.717, 1.165) is 31.5 Å². The summed E-state index contributed by atoms with van der Waals surface area (Å²) >= 11 is 0. The van der Waals surface area contributed by atoms with E-state index in [0.29, 0.717) is 0 Å². The average molecular weight is 265 g/mol. The van der Waals surface area contributed by atoms with Gasteiger partial charge in [-0.1, -0.05) is 25.5 Å². The summed E-state index contributed by atoms with van der Waals surface area (Å²) in [6, 6.07) is 7.10. The van der Waals surface area contributed by atoms with Gasteiger partial charge in [0.25, 0.3) is 5.69 Å². The first-order chi connectivity index (χ1) is 9.04. The zero-order chi connectivity index (χ0) is 14.3. The molecule has 0 saturated carbocycles. The number of nitrogens with one attached hydrogen (secondary N) is 1. The van der Waals surface area contributed by atoms with Crippen molar-refractivity contribution in [1.82, 2.24) is 10.2 Å². The first kappa shape index (κ1) is 15.6. The maximum atomic E-state index is 10.8. The van der Waals surface area contributed by atoms with Gasteiger partial charge in [-0.15, -0.1) is 0 Å². The van der Waals surface area contributed by atoms with E-state index in [2.05, 4.69) is 17.1 Å². The molecule has 0 aromatic heterocycles. The normalized spacial score (nSPS) is 12.6. The van der Waals surface area contributed by atoms with Crippen LogP contribution in [-0.4, -0.2) is 37.0 Å². The summed E-state index contributed by atoms with van der Waals surface area (Å²) in [4.78, 5) is 12.6. The van der Waals surface area contributed by atoms with Crippen LogP contribution in [0.3, 0.4) is 0 Å². The average Bonchev–Trinajstić information content (AvgIpc) is 2.37. The number of benzene rings is 1. The standard InChI is InChI=1S/C14H23N3O2/c1-4-6-14(15-9-10-16(2)3)12-7-5-8-13(11-12)17(18)19/h5,7-8,11,14-15H,4,6,9-10H2,1-3H3. The van der Waals surface area contributed by atoms with Crippen molar-refractivity contribution in [2.45, 2.75) is 25.8 Å². The van der Waals surface area contributed by atoms with Crippen LogP contribution in [0.15, 0.2) is 24.3 Å². The molecule has 0 aliphatic rings. The van der Waals surface area contributed by atoms with E-state index in [-0.39, 0.29) is 16.7 Å². The van der Waals surface area contributed by atoms with Crippen molar-refractivity contribution in [3.05, 3.63) is 39.9 Å². The Balaban J connectivity index is 2.74. The zero-order valence-corrected chi connectivity index (χ0v) is 11.9. The summed E-state index contributed by atoms with van der Waals surface area (Å²) in [5.41, 5.74) is 1.16. The van der Waals surface area contributed by atoms with Crippen LogP contribution >= 0.6 is 0 Å². The quantitative estimate of drug-likeness (QED) is 0.580. The van der Waals surface area contributed by atoms with Crippen molar-refractivity contribution in [2.24, 2.45) is 0 Å². The van der Waals surface area contributed by atoms with Gasteiger partial charge in [-0.25, -0.2) is 0 Å². The van der Waals surface area contributed by atoms with Crippen LogP contribution in [0, 0.1) is 10.1 Å². The lowest BCUT2D eigenvalue weighted by molar-refractivity contribution is -0.384. The molecule has 0 heterocycles. The Morgan fingerprint density at radius 3 is 2.74 bits per heavy atom. The molecule has 19 heavy (non-hydrogen) atoms. The summed E-state index contributed by atoms with van der Waals surface area (Å²) in [6.07, 6.45) is 2.02. The molecule has 1 atom stereocenters. The van der Waals surface area contributed by atoms with Gasteiger partial charge in [-0.05, 0) is 26.1 Å². The van der Waals surface area contributed by atoms with Crippen molar-refractivity contribution in [2.75, 3.05) is 27.2 Å². The highest BCUT2D eigenvalue weighted by atomic mass is 16.6. The van der Waals surface area contributed by atoms with Gasteiger partial charge in [0.2, 0.25) is 0 Å². The molecule has 0 amide bonds. The number of hydrogen-bond donors (Lipinski definition) is 1. The van der Waals surface area contributed by atoms with Crippen LogP contribution in [0.5, 0.6) is 0 Å². The molecule has 0 bridgehead atoms. The van der Waals surface area contributed by atoms with Crippen LogP contribution < -0.4 is 5.32 Å². The summed E-state index contributed by atoms with van der Waals surface area (Å²) in [7, 11) is 4.06. The van der Waals surface area contributed by atoms with Crippen molar-refractivity contribution >= 4 is 5.69 Å². The molecule has 1 aromatic rings. The third-order valence-electron chi connectivity index (χ3n) is 3.01. The molecule has 0 spiro atoms. The second kappa shape index (κ2) is 7.86. The topological polar surface area (TPSA) is 58.4 Å². The Labute approximate surface area is 114 Å². The van der Waals surface area contributed by atoms with E-state index in [9.17, 15) is 10.1 Å². The minimum Gasteiger partial charge on any atom is -0.309 e. The number of nitro groups is 1. The summed E-state index contributed by atoms with van der Waals surface area (Å²) in [5.74, 6) is 0. The van der Waals surface area contributed by atoms with E-state index in [1.165, 1.54) is 6.07 Å². The van der Waals surface area contributed by atoms with Gasteiger partial charge in [0.15, 0.2) is 0 Å². The van der Waals surface area contributed by atoms with Gasteiger partial charge in [-0.3, -0.25) is 10.1 Å². The maximum absolute atomic E-state index is 10.8. The van der Waals surface area contributed by atoms with Gasteiger partial charge in [-0.2, -0.15) is 0 Å². The number of nitrogens with zero attached hydrogens (tertiary/aromatic N) is 2. The van der Waals surface area contributed by atoms with Crippen LogP contribution in [0.25, 0.3) is 0 Å². The van der Waals surface area contributed by atoms with Gasteiger partial charge >= 0.3 is 0 Å². The summed E-state index contributed by atoms with van der Waals surface area (Å²) in [6.45, 7) is 3.95. The van der Waals surface area contributed by atoms with Crippen molar-refractivity contribution < 1.29 is 4.92 Å². The monoisotopic (exact) mass is 265 g/mol. The SMILES string of the molecule is CCCC(NCCN(C)C)c1cccc([N+](=O)[O-])c1. The van der Waals surface area contributed by atoms with E-state index in [1.54, 1.807) is 12.1 Å². The van der Waals surface area contributed by atoms with Gasteiger partial charge in [0, 0.05) is 31.3 Å². The molecule has 1 rings (SSSR count). The molecule has 106 valence electrons. The van der Waals surface area contributed by atoms with Crippen LogP contribution in [0.1, 0.15) is 31.4 Å². The van der Waals surface area contributed by atoms with Gasteiger partial charge in [0.1, 0.15) is 0 Å². The third-order valence-corrected chi connectivity index (χ3v) is 3.01. The highest BCUT2D eigenvalue weighted by Crippen LogP contribution is 2.22. The zero-order valence-electron chi connectivity index (χ0n) is 11.9. The van der Waals surface area contributed by atoms with Crippen molar-refractivity contribution in [3.8, 4) is 0 Å². The fourth-order valence-corrected chi connectivity index (χ4v) is 1.99. The Kier molecular flexibility index (Phi) is 6.45. The minimum absolute atomic E-state index is 0.160. The Hall–Kier alpha value is -1.46. The summed E-state index contributed by atoms with van der Waals surface area (Å²) in [5, 5.41) is 14.3. The van der Waals surface area contributed by atoms with E-state index >= 15 is 0 Å². The number of nitro benzene ring substituents is 1. The highest BCUT2D eigenvalue weighted by Gasteiger charge is 2.13. The smallest absolute Gasteiger partial charge is 0.269 e. The molecular weight excluding hydrogens is 242 g/mol.